The minimum Gasteiger partial charge on any atom is -0.326 e. The summed E-state index contributed by atoms with van der Waals surface area (Å²) >= 11 is 0. The maximum Gasteiger partial charge on any atom is 0.229 e. The van der Waals surface area contributed by atoms with Crippen LogP contribution >= 0.6 is 0 Å². The Morgan fingerprint density at radius 3 is 2.41 bits per heavy atom. The summed E-state index contributed by atoms with van der Waals surface area (Å²) in [4.78, 5) is 14.0. The number of hydrogen-bond acceptors (Lipinski definition) is 2. The van der Waals surface area contributed by atoms with Crippen LogP contribution in [0.3, 0.4) is 0 Å². The van der Waals surface area contributed by atoms with Crippen molar-refractivity contribution in [2.75, 3.05) is 11.9 Å². The van der Waals surface area contributed by atoms with E-state index in [0.717, 1.165) is 11.3 Å². The quantitative estimate of drug-likeness (QED) is 0.869. The molecule has 0 spiro atoms. The number of amides is 1. The van der Waals surface area contributed by atoms with Crippen LogP contribution in [0, 0.1) is 11.8 Å². The summed E-state index contributed by atoms with van der Waals surface area (Å²) < 4.78 is 0. The van der Waals surface area contributed by atoms with E-state index in [1.165, 1.54) is 0 Å². The molecule has 94 valence electrons. The molecule has 3 nitrogen and oxygen atoms in total. The molecule has 0 heterocycles. The van der Waals surface area contributed by atoms with E-state index in [2.05, 4.69) is 13.8 Å². The molecule has 2 N–H and O–H groups in total. The van der Waals surface area contributed by atoms with E-state index >= 15 is 0 Å². The van der Waals surface area contributed by atoms with Gasteiger partial charge in [0, 0.05) is 25.2 Å². The van der Waals surface area contributed by atoms with E-state index in [1.807, 2.05) is 38.2 Å². The van der Waals surface area contributed by atoms with Crippen molar-refractivity contribution < 1.29 is 4.79 Å². The fourth-order valence-electron chi connectivity index (χ4n) is 1.72. The van der Waals surface area contributed by atoms with E-state index < -0.39 is 0 Å². The average Bonchev–Trinajstić information content (AvgIpc) is 2.35. The molecule has 0 saturated heterocycles. The first kappa shape index (κ1) is 13.7. The standard InChI is InChI=1S/C14H22N2O/c1-10(2)11(3)14(17)16(4)13-8-6-5-7-12(13)9-15/h5-8,10-11H,9,15H2,1-4H3. The van der Waals surface area contributed by atoms with E-state index in [9.17, 15) is 4.79 Å². The van der Waals surface area contributed by atoms with Gasteiger partial charge in [0.2, 0.25) is 5.91 Å². The Kier molecular flexibility index (Phi) is 4.70. The maximum atomic E-state index is 12.2. The fourth-order valence-corrected chi connectivity index (χ4v) is 1.72. The third-order valence-electron chi connectivity index (χ3n) is 3.29. The van der Waals surface area contributed by atoms with Gasteiger partial charge < -0.3 is 10.6 Å². The molecule has 0 aliphatic rings. The number of benzene rings is 1. The summed E-state index contributed by atoms with van der Waals surface area (Å²) in [7, 11) is 1.82. The summed E-state index contributed by atoms with van der Waals surface area (Å²) in [6.07, 6.45) is 0. The predicted molar refractivity (Wildman–Crippen MR) is 71.7 cm³/mol. The zero-order valence-electron chi connectivity index (χ0n) is 11.1. The van der Waals surface area contributed by atoms with Gasteiger partial charge >= 0.3 is 0 Å². The van der Waals surface area contributed by atoms with Crippen LogP contribution in [-0.4, -0.2) is 13.0 Å². The highest BCUT2D eigenvalue weighted by Crippen LogP contribution is 2.22. The molecule has 0 fully saturated rings. The number of carbonyl (C=O) groups is 1. The van der Waals surface area contributed by atoms with Crippen LogP contribution in [0.25, 0.3) is 0 Å². The molecular weight excluding hydrogens is 212 g/mol. The molecule has 1 rings (SSSR count). The molecule has 3 heteroatoms. The Morgan fingerprint density at radius 2 is 1.88 bits per heavy atom. The van der Waals surface area contributed by atoms with Crippen LogP contribution in [0.2, 0.25) is 0 Å². The minimum atomic E-state index is 0.0193. The first-order valence-corrected chi connectivity index (χ1v) is 6.04. The van der Waals surface area contributed by atoms with Crippen LogP contribution < -0.4 is 10.6 Å². The number of carbonyl (C=O) groups excluding carboxylic acids is 1. The third-order valence-corrected chi connectivity index (χ3v) is 3.29. The maximum absolute atomic E-state index is 12.2. The zero-order valence-corrected chi connectivity index (χ0v) is 11.1. The summed E-state index contributed by atoms with van der Waals surface area (Å²) in [5, 5.41) is 0. The Morgan fingerprint density at radius 1 is 1.29 bits per heavy atom. The Balaban J connectivity index is 2.96. The minimum absolute atomic E-state index is 0.0193. The fraction of sp³-hybridized carbons (Fsp3) is 0.500. The van der Waals surface area contributed by atoms with Crippen molar-refractivity contribution in [3.63, 3.8) is 0 Å². The first-order chi connectivity index (χ1) is 7.99. The number of nitrogens with two attached hydrogens (primary N) is 1. The Bertz CT molecular complexity index is 388. The number of nitrogens with zero attached hydrogens (tertiary/aromatic N) is 1. The van der Waals surface area contributed by atoms with Gasteiger partial charge in [-0.15, -0.1) is 0 Å². The largest absolute Gasteiger partial charge is 0.326 e. The molecule has 0 aliphatic heterocycles. The molecule has 1 amide bonds. The highest BCUT2D eigenvalue weighted by atomic mass is 16.2. The number of rotatable bonds is 4. The smallest absolute Gasteiger partial charge is 0.229 e. The van der Waals surface area contributed by atoms with Crippen LogP contribution in [0.5, 0.6) is 0 Å². The molecule has 0 bridgehead atoms. The SMILES string of the molecule is CC(C)C(C)C(=O)N(C)c1ccccc1CN. The van der Waals surface area contributed by atoms with E-state index in [4.69, 9.17) is 5.73 Å². The molecule has 0 aromatic heterocycles. The highest BCUT2D eigenvalue weighted by molar-refractivity contribution is 5.95. The molecular formula is C14H22N2O. The van der Waals surface area contributed by atoms with Crippen LogP contribution in [0.15, 0.2) is 24.3 Å². The number of para-hydroxylation sites is 1. The van der Waals surface area contributed by atoms with Crippen molar-refractivity contribution in [1.29, 1.82) is 0 Å². The molecule has 0 radical (unpaired) electrons. The van der Waals surface area contributed by atoms with Crippen molar-refractivity contribution in [3.8, 4) is 0 Å². The third kappa shape index (κ3) is 3.07. The summed E-state index contributed by atoms with van der Waals surface area (Å²) in [5.74, 6) is 0.502. The van der Waals surface area contributed by atoms with Gasteiger partial charge in [-0.2, -0.15) is 0 Å². The predicted octanol–water partition coefficient (Wildman–Crippen LogP) is 2.40. The van der Waals surface area contributed by atoms with Gasteiger partial charge in [-0.3, -0.25) is 4.79 Å². The average molecular weight is 234 g/mol. The van der Waals surface area contributed by atoms with Crippen LogP contribution in [0.4, 0.5) is 5.69 Å². The van der Waals surface area contributed by atoms with E-state index in [1.54, 1.807) is 4.90 Å². The Hall–Kier alpha value is -1.35. The molecule has 1 aromatic rings. The van der Waals surface area contributed by atoms with Gasteiger partial charge in [-0.1, -0.05) is 39.0 Å². The molecule has 17 heavy (non-hydrogen) atoms. The topological polar surface area (TPSA) is 46.3 Å². The summed E-state index contributed by atoms with van der Waals surface area (Å²) in [5.41, 5.74) is 7.60. The zero-order chi connectivity index (χ0) is 13.0. The van der Waals surface area contributed by atoms with Crippen LogP contribution in [0.1, 0.15) is 26.3 Å². The van der Waals surface area contributed by atoms with Gasteiger partial charge in [-0.05, 0) is 17.5 Å². The highest BCUT2D eigenvalue weighted by Gasteiger charge is 2.22. The molecule has 1 atom stereocenters. The number of hydrogen-bond donors (Lipinski definition) is 1. The van der Waals surface area contributed by atoms with Gasteiger partial charge in [0.1, 0.15) is 0 Å². The molecule has 0 aliphatic carbocycles. The molecule has 1 unspecified atom stereocenters. The van der Waals surface area contributed by atoms with Crippen LogP contribution in [-0.2, 0) is 11.3 Å². The lowest BCUT2D eigenvalue weighted by atomic mass is 9.96. The summed E-state index contributed by atoms with van der Waals surface area (Å²) in [6, 6.07) is 7.76. The van der Waals surface area contributed by atoms with Gasteiger partial charge in [0.05, 0.1) is 0 Å². The molecule has 0 saturated carbocycles. The molecule has 1 aromatic carbocycles. The van der Waals surface area contributed by atoms with E-state index in [0.29, 0.717) is 12.5 Å². The number of anilines is 1. The second-order valence-electron chi connectivity index (χ2n) is 4.76. The lowest BCUT2D eigenvalue weighted by Crippen LogP contribution is -2.34. The lowest BCUT2D eigenvalue weighted by molar-refractivity contribution is -0.122. The first-order valence-electron chi connectivity index (χ1n) is 6.04. The normalized spacial score (nSPS) is 12.6. The summed E-state index contributed by atoms with van der Waals surface area (Å²) in [6.45, 7) is 6.54. The van der Waals surface area contributed by atoms with Gasteiger partial charge in [0.25, 0.3) is 0 Å². The van der Waals surface area contributed by atoms with Crippen molar-refractivity contribution in [2.24, 2.45) is 17.6 Å². The van der Waals surface area contributed by atoms with Crippen molar-refractivity contribution >= 4 is 11.6 Å². The van der Waals surface area contributed by atoms with Gasteiger partial charge in [0.15, 0.2) is 0 Å². The van der Waals surface area contributed by atoms with Gasteiger partial charge in [-0.25, -0.2) is 0 Å². The van der Waals surface area contributed by atoms with Crippen molar-refractivity contribution in [1.82, 2.24) is 0 Å². The monoisotopic (exact) mass is 234 g/mol. The second-order valence-corrected chi connectivity index (χ2v) is 4.76. The van der Waals surface area contributed by atoms with Crippen molar-refractivity contribution in [2.45, 2.75) is 27.3 Å². The second kappa shape index (κ2) is 5.82. The van der Waals surface area contributed by atoms with E-state index in [-0.39, 0.29) is 11.8 Å². The lowest BCUT2D eigenvalue weighted by Gasteiger charge is -2.25. The van der Waals surface area contributed by atoms with Crippen molar-refractivity contribution in [3.05, 3.63) is 29.8 Å². The Labute approximate surface area is 104 Å².